The van der Waals surface area contributed by atoms with Gasteiger partial charge in [0.2, 0.25) is 5.91 Å². The SMILES string of the molecule is Cc1ccc(N(C)C(=O)[C@H]2CCN2)cc1.Cl. The van der Waals surface area contributed by atoms with Gasteiger partial charge in [0.1, 0.15) is 0 Å². The molecular weight excluding hydrogens is 224 g/mol. The zero-order valence-electron chi connectivity index (χ0n) is 9.56. The van der Waals surface area contributed by atoms with Gasteiger partial charge in [-0.3, -0.25) is 4.79 Å². The van der Waals surface area contributed by atoms with Crippen molar-refractivity contribution < 1.29 is 4.79 Å². The number of carbonyl (C=O) groups excluding carboxylic acids is 1. The molecule has 1 aromatic rings. The maximum atomic E-state index is 11.9. The first-order valence-electron chi connectivity index (χ1n) is 5.26. The summed E-state index contributed by atoms with van der Waals surface area (Å²) in [4.78, 5) is 13.6. The molecular formula is C12H17ClN2O. The maximum absolute atomic E-state index is 11.9. The van der Waals surface area contributed by atoms with E-state index in [9.17, 15) is 4.79 Å². The molecule has 0 aromatic heterocycles. The molecule has 1 N–H and O–H groups in total. The highest BCUT2D eigenvalue weighted by atomic mass is 35.5. The average molecular weight is 241 g/mol. The molecule has 0 bridgehead atoms. The van der Waals surface area contributed by atoms with E-state index in [0.29, 0.717) is 0 Å². The molecule has 1 aliphatic rings. The summed E-state index contributed by atoms with van der Waals surface area (Å²) in [6.45, 7) is 3.00. The minimum atomic E-state index is 0. The van der Waals surface area contributed by atoms with Gasteiger partial charge in [0.25, 0.3) is 0 Å². The van der Waals surface area contributed by atoms with Crippen LogP contribution < -0.4 is 10.2 Å². The Morgan fingerprint density at radius 2 is 1.94 bits per heavy atom. The summed E-state index contributed by atoms with van der Waals surface area (Å²) in [5.74, 6) is 0.158. The summed E-state index contributed by atoms with van der Waals surface area (Å²) in [5.41, 5.74) is 2.17. The van der Waals surface area contributed by atoms with E-state index in [1.807, 2.05) is 38.2 Å². The summed E-state index contributed by atoms with van der Waals surface area (Å²) >= 11 is 0. The standard InChI is InChI=1S/C12H16N2O.ClH/c1-9-3-5-10(6-4-9)14(2)12(15)11-7-8-13-11;/h3-6,11,13H,7-8H2,1-2H3;1H/t11-;/m1./s1. The van der Waals surface area contributed by atoms with Gasteiger partial charge >= 0.3 is 0 Å². The first-order valence-corrected chi connectivity index (χ1v) is 5.26. The van der Waals surface area contributed by atoms with Crippen molar-refractivity contribution in [1.29, 1.82) is 0 Å². The number of aryl methyl sites for hydroxylation is 1. The number of hydrogen-bond donors (Lipinski definition) is 1. The van der Waals surface area contributed by atoms with Gasteiger partial charge in [-0.1, -0.05) is 17.7 Å². The number of halogens is 1. The van der Waals surface area contributed by atoms with E-state index in [-0.39, 0.29) is 24.4 Å². The Kier molecular flexibility index (Phi) is 4.33. The van der Waals surface area contributed by atoms with Crippen LogP contribution >= 0.6 is 12.4 Å². The average Bonchev–Trinajstić information content (AvgIpc) is 2.15. The third kappa shape index (κ3) is 2.54. The van der Waals surface area contributed by atoms with Crippen LogP contribution in [0.5, 0.6) is 0 Å². The lowest BCUT2D eigenvalue weighted by molar-refractivity contribution is -0.121. The summed E-state index contributed by atoms with van der Waals surface area (Å²) < 4.78 is 0. The molecule has 1 atom stereocenters. The highest BCUT2D eigenvalue weighted by Gasteiger charge is 2.27. The van der Waals surface area contributed by atoms with Crippen LogP contribution in [-0.4, -0.2) is 25.5 Å². The van der Waals surface area contributed by atoms with Crippen LogP contribution in [0.3, 0.4) is 0 Å². The Morgan fingerprint density at radius 1 is 1.38 bits per heavy atom. The smallest absolute Gasteiger partial charge is 0.243 e. The van der Waals surface area contributed by atoms with Crippen molar-refractivity contribution in [3.05, 3.63) is 29.8 Å². The quantitative estimate of drug-likeness (QED) is 0.854. The predicted octanol–water partition coefficient (Wildman–Crippen LogP) is 1.74. The van der Waals surface area contributed by atoms with E-state index in [2.05, 4.69) is 5.32 Å². The summed E-state index contributed by atoms with van der Waals surface area (Å²) in [6, 6.07) is 8.02. The topological polar surface area (TPSA) is 32.3 Å². The Bertz CT molecular complexity index is 360. The number of nitrogens with one attached hydrogen (secondary N) is 1. The number of amides is 1. The lowest BCUT2D eigenvalue weighted by Gasteiger charge is -2.30. The number of nitrogens with zero attached hydrogens (tertiary/aromatic N) is 1. The van der Waals surface area contributed by atoms with Gasteiger partial charge in [-0.15, -0.1) is 12.4 Å². The molecule has 1 saturated heterocycles. The third-order valence-electron chi connectivity index (χ3n) is 2.87. The summed E-state index contributed by atoms with van der Waals surface area (Å²) in [5, 5.41) is 3.12. The molecule has 1 fully saturated rings. The van der Waals surface area contributed by atoms with Crippen LogP contribution in [-0.2, 0) is 4.79 Å². The van der Waals surface area contributed by atoms with Crippen LogP contribution in [0.4, 0.5) is 5.69 Å². The number of rotatable bonds is 2. The van der Waals surface area contributed by atoms with Crippen LogP contribution in [0.25, 0.3) is 0 Å². The first kappa shape index (κ1) is 13.0. The second-order valence-corrected chi connectivity index (χ2v) is 4.03. The highest BCUT2D eigenvalue weighted by molar-refractivity contribution is 5.97. The third-order valence-corrected chi connectivity index (χ3v) is 2.87. The highest BCUT2D eigenvalue weighted by Crippen LogP contribution is 2.16. The number of likely N-dealkylation sites (N-methyl/N-ethyl adjacent to an activating group) is 1. The largest absolute Gasteiger partial charge is 0.314 e. The molecule has 1 heterocycles. The van der Waals surface area contributed by atoms with E-state index in [1.165, 1.54) is 5.56 Å². The van der Waals surface area contributed by atoms with Crippen LogP contribution in [0.2, 0.25) is 0 Å². The molecule has 1 aliphatic heterocycles. The molecule has 0 radical (unpaired) electrons. The molecule has 16 heavy (non-hydrogen) atoms. The molecule has 0 spiro atoms. The molecule has 3 nitrogen and oxygen atoms in total. The second-order valence-electron chi connectivity index (χ2n) is 4.03. The van der Waals surface area contributed by atoms with E-state index in [4.69, 9.17) is 0 Å². The molecule has 0 saturated carbocycles. The van der Waals surface area contributed by atoms with Crippen molar-refractivity contribution in [2.75, 3.05) is 18.5 Å². The maximum Gasteiger partial charge on any atom is 0.243 e. The fourth-order valence-corrected chi connectivity index (χ4v) is 1.63. The molecule has 0 aliphatic carbocycles. The van der Waals surface area contributed by atoms with Gasteiger partial charge in [-0.05, 0) is 32.0 Å². The van der Waals surface area contributed by atoms with Crippen molar-refractivity contribution >= 4 is 24.0 Å². The monoisotopic (exact) mass is 240 g/mol. The van der Waals surface area contributed by atoms with Gasteiger partial charge in [0.15, 0.2) is 0 Å². The Morgan fingerprint density at radius 3 is 2.38 bits per heavy atom. The van der Waals surface area contributed by atoms with Crippen molar-refractivity contribution in [2.24, 2.45) is 0 Å². The first-order chi connectivity index (χ1) is 7.18. The van der Waals surface area contributed by atoms with Crippen LogP contribution in [0, 0.1) is 6.92 Å². The fraction of sp³-hybridized carbons (Fsp3) is 0.417. The number of anilines is 1. The number of benzene rings is 1. The zero-order chi connectivity index (χ0) is 10.8. The van der Waals surface area contributed by atoms with Crippen molar-refractivity contribution in [3.8, 4) is 0 Å². The molecule has 1 aromatic carbocycles. The lowest BCUT2D eigenvalue weighted by Crippen LogP contribution is -2.53. The van der Waals surface area contributed by atoms with Gasteiger partial charge in [-0.25, -0.2) is 0 Å². The van der Waals surface area contributed by atoms with Gasteiger partial charge < -0.3 is 10.2 Å². The van der Waals surface area contributed by atoms with Gasteiger partial charge in [0.05, 0.1) is 6.04 Å². The zero-order valence-corrected chi connectivity index (χ0v) is 10.4. The van der Waals surface area contributed by atoms with Crippen molar-refractivity contribution in [1.82, 2.24) is 5.32 Å². The van der Waals surface area contributed by atoms with Crippen LogP contribution in [0.15, 0.2) is 24.3 Å². The lowest BCUT2D eigenvalue weighted by atomic mass is 10.1. The van der Waals surface area contributed by atoms with Crippen molar-refractivity contribution in [3.63, 3.8) is 0 Å². The number of carbonyl (C=O) groups is 1. The minimum absolute atomic E-state index is 0. The molecule has 4 heteroatoms. The predicted molar refractivity (Wildman–Crippen MR) is 68.2 cm³/mol. The molecule has 88 valence electrons. The second kappa shape index (κ2) is 5.32. The normalized spacial score (nSPS) is 18.2. The van der Waals surface area contributed by atoms with Crippen LogP contribution in [0.1, 0.15) is 12.0 Å². The van der Waals surface area contributed by atoms with E-state index in [1.54, 1.807) is 4.90 Å². The molecule has 0 unspecified atom stereocenters. The van der Waals surface area contributed by atoms with E-state index >= 15 is 0 Å². The molecule has 2 rings (SSSR count). The van der Waals surface area contributed by atoms with Gasteiger partial charge in [-0.2, -0.15) is 0 Å². The van der Waals surface area contributed by atoms with E-state index < -0.39 is 0 Å². The van der Waals surface area contributed by atoms with E-state index in [0.717, 1.165) is 18.7 Å². The van der Waals surface area contributed by atoms with Crippen molar-refractivity contribution in [2.45, 2.75) is 19.4 Å². The fourth-order valence-electron chi connectivity index (χ4n) is 1.63. The Hall–Kier alpha value is -1.06. The summed E-state index contributed by atoms with van der Waals surface area (Å²) in [7, 11) is 1.83. The molecule has 1 amide bonds. The Labute approximate surface area is 102 Å². The number of hydrogen-bond acceptors (Lipinski definition) is 2. The summed E-state index contributed by atoms with van der Waals surface area (Å²) in [6.07, 6.45) is 0.953. The van der Waals surface area contributed by atoms with Gasteiger partial charge in [0, 0.05) is 12.7 Å². The Balaban J connectivity index is 0.00000128. The minimum Gasteiger partial charge on any atom is -0.314 e.